The van der Waals surface area contributed by atoms with E-state index in [-0.39, 0.29) is 17.5 Å². The number of rotatable bonds is 3. The van der Waals surface area contributed by atoms with Crippen LogP contribution < -0.4 is 5.32 Å². The molecule has 0 spiro atoms. The van der Waals surface area contributed by atoms with E-state index in [0.29, 0.717) is 0 Å². The van der Waals surface area contributed by atoms with Gasteiger partial charge in [0.1, 0.15) is 0 Å². The Labute approximate surface area is 122 Å². The Balaban J connectivity index is 2.32. The van der Waals surface area contributed by atoms with Crippen molar-refractivity contribution in [3.8, 4) is 0 Å². The Hall–Kier alpha value is -1.35. The van der Waals surface area contributed by atoms with Gasteiger partial charge < -0.3 is 4.90 Å². The van der Waals surface area contributed by atoms with Gasteiger partial charge in [-0.3, -0.25) is 10.1 Å². The van der Waals surface area contributed by atoms with E-state index in [1.54, 1.807) is 0 Å². The SMILES string of the molecule is CCC1(C)NC(C)(C)CN(C(C)c2ccccc2)C1=O. The van der Waals surface area contributed by atoms with E-state index in [4.69, 9.17) is 0 Å². The van der Waals surface area contributed by atoms with Crippen LogP contribution in [0.2, 0.25) is 0 Å². The summed E-state index contributed by atoms with van der Waals surface area (Å²) in [5.41, 5.74) is 0.656. The molecule has 1 aromatic carbocycles. The van der Waals surface area contributed by atoms with Gasteiger partial charge in [-0.25, -0.2) is 0 Å². The third-order valence-electron chi connectivity index (χ3n) is 4.37. The van der Waals surface area contributed by atoms with E-state index in [0.717, 1.165) is 13.0 Å². The monoisotopic (exact) mass is 274 g/mol. The molecule has 3 nitrogen and oxygen atoms in total. The minimum Gasteiger partial charge on any atom is -0.333 e. The van der Waals surface area contributed by atoms with E-state index in [1.807, 2.05) is 30.0 Å². The van der Waals surface area contributed by atoms with E-state index in [9.17, 15) is 4.79 Å². The Morgan fingerprint density at radius 2 is 1.85 bits per heavy atom. The molecule has 1 aliphatic heterocycles. The zero-order chi connectivity index (χ0) is 15.0. The van der Waals surface area contributed by atoms with Crippen LogP contribution >= 0.6 is 0 Å². The second-order valence-corrected chi connectivity index (χ2v) is 6.71. The number of piperazine rings is 1. The first-order valence-electron chi connectivity index (χ1n) is 7.44. The van der Waals surface area contributed by atoms with Gasteiger partial charge in [0.25, 0.3) is 0 Å². The van der Waals surface area contributed by atoms with E-state index < -0.39 is 5.54 Å². The van der Waals surface area contributed by atoms with Gasteiger partial charge in [-0.1, -0.05) is 37.3 Å². The number of hydrogen-bond donors (Lipinski definition) is 1. The van der Waals surface area contributed by atoms with Crippen LogP contribution in [0.1, 0.15) is 52.6 Å². The molecule has 0 radical (unpaired) electrons. The highest BCUT2D eigenvalue weighted by Gasteiger charge is 2.46. The molecule has 1 aromatic rings. The van der Waals surface area contributed by atoms with Crippen molar-refractivity contribution in [1.82, 2.24) is 10.2 Å². The number of hydrogen-bond acceptors (Lipinski definition) is 2. The van der Waals surface area contributed by atoms with Gasteiger partial charge >= 0.3 is 0 Å². The molecule has 0 aliphatic carbocycles. The number of amides is 1. The zero-order valence-electron chi connectivity index (χ0n) is 13.2. The van der Waals surface area contributed by atoms with Crippen molar-refractivity contribution in [3.63, 3.8) is 0 Å². The van der Waals surface area contributed by atoms with Crippen LogP contribution in [-0.4, -0.2) is 28.4 Å². The smallest absolute Gasteiger partial charge is 0.243 e. The molecule has 1 amide bonds. The summed E-state index contributed by atoms with van der Waals surface area (Å²) in [7, 11) is 0. The summed E-state index contributed by atoms with van der Waals surface area (Å²) in [4.78, 5) is 14.9. The van der Waals surface area contributed by atoms with Gasteiger partial charge in [0.2, 0.25) is 5.91 Å². The molecular weight excluding hydrogens is 248 g/mol. The molecule has 2 unspecified atom stereocenters. The Bertz CT molecular complexity index is 483. The maximum atomic E-state index is 12.8. The molecule has 110 valence electrons. The molecule has 2 rings (SSSR count). The fraction of sp³-hybridized carbons (Fsp3) is 0.588. The predicted molar refractivity (Wildman–Crippen MR) is 82.5 cm³/mol. The number of nitrogens with one attached hydrogen (secondary N) is 1. The summed E-state index contributed by atoms with van der Waals surface area (Å²) in [6.45, 7) is 11.3. The molecular formula is C17H26N2O. The van der Waals surface area contributed by atoms with Gasteiger partial charge in [-0.05, 0) is 39.7 Å². The molecule has 1 aliphatic rings. The summed E-state index contributed by atoms with van der Waals surface area (Å²) >= 11 is 0. The van der Waals surface area contributed by atoms with Gasteiger partial charge in [-0.15, -0.1) is 0 Å². The minimum atomic E-state index is -0.467. The molecule has 20 heavy (non-hydrogen) atoms. The van der Waals surface area contributed by atoms with Crippen LogP contribution in [0.3, 0.4) is 0 Å². The molecule has 1 fully saturated rings. The molecule has 1 saturated heterocycles. The third-order valence-corrected chi connectivity index (χ3v) is 4.37. The van der Waals surface area contributed by atoms with E-state index >= 15 is 0 Å². The number of benzene rings is 1. The summed E-state index contributed by atoms with van der Waals surface area (Å²) < 4.78 is 0. The Morgan fingerprint density at radius 3 is 2.40 bits per heavy atom. The Kier molecular flexibility index (Phi) is 3.92. The van der Waals surface area contributed by atoms with Crippen LogP contribution in [0.15, 0.2) is 30.3 Å². The van der Waals surface area contributed by atoms with Crippen molar-refractivity contribution in [2.75, 3.05) is 6.54 Å². The summed E-state index contributed by atoms with van der Waals surface area (Å²) in [5.74, 6) is 0.204. The molecule has 0 saturated carbocycles. The van der Waals surface area contributed by atoms with Crippen molar-refractivity contribution in [1.29, 1.82) is 0 Å². The van der Waals surface area contributed by atoms with Gasteiger partial charge in [0, 0.05) is 12.1 Å². The summed E-state index contributed by atoms with van der Waals surface area (Å²) in [6, 6.07) is 10.4. The lowest BCUT2D eigenvalue weighted by molar-refractivity contribution is -0.147. The molecule has 1 N–H and O–H groups in total. The molecule has 0 bridgehead atoms. The van der Waals surface area contributed by atoms with E-state index in [1.165, 1.54) is 5.56 Å². The predicted octanol–water partition coefficient (Wildman–Crippen LogP) is 3.13. The fourth-order valence-electron chi connectivity index (χ4n) is 3.12. The molecule has 1 heterocycles. The van der Waals surface area contributed by atoms with Crippen molar-refractivity contribution in [3.05, 3.63) is 35.9 Å². The third kappa shape index (κ3) is 2.73. The lowest BCUT2D eigenvalue weighted by atomic mass is 9.85. The average molecular weight is 274 g/mol. The van der Waals surface area contributed by atoms with Gasteiger partial charge in [0.05, 0.1) is 11.6 Å². The van der Waals surface area contributed by atoms with Crippen LogP contribution in [-0.2, 0) is 4.79 Å². The van der Waals surface area contributed by atoms with Gasteiger partial charge in [0.15, 0.2) is 0 Å². The van der Waals surface area contributed by atoms with E-state index in [2.05, 4.69) is 45.1 Å². The molecule has 3 heteroatoms. The molecule has 2 atom stereocenters. The number of carbonyl (C=O) groups excluding carboxylic acids is 1. The van der Waals surface area contributed by atoms with Crippen LogP contribution in [0.25, 0.3) is 0 Å². The zero-order valence-corrected chi connectivity index (χ0v) is 13.2. The summed E-state index contributed by atoms with van der Waals surface area (Å²) in [6.07, 6.45) is 0.799. The Morgan fingerprint density at radius 1 is 1.25 bits per heavy atom. The normalized spacial score (nSPS) is 27.4. The number of nitrogens with zero attached hydrogens (tertiary/aromatic N) is 1. The first kappa shape index (κ1) is 15.0. The van der Waals surface area contributed by atoms with Crippen LogP contribution in [0, 0.1) is 0 Å². The fourth-order valence-corrected chi connectivity index (χ4v) is 3.12. The van der Waals surface area contributed by atoms with Crippen molar-refractivity contribution in [2.45, 2.75) is 58.2 Å². The minimum absolute atomic E-state index is 0.0677. The second kappa shape index (κ2) is 5.21. The molecule has 0 aromatic heterocycles. The maximum absolute atomic E-state index is 12.8. The second-order valence-electron chi connectivity index (χ2n) is 6.71. The van der Waals surface area contributed by atoms with Crippen molar-refractivity contribution in [2.24, 2.45) is 0 Å². The maximum Gasteiger partial charge on any atom is 0.243 e. The largest absolute Gasteiger partial charge is 0.333 e. The van der Waals surface area contributed by atoms with Crippen molar-refractivity contribution < 1.29 is 4.79 Å². The topological polar surface area (TPSA) is 32.3 Å². The highest BCUT2D eigenvalue weighted by Crippen LogP contribution is 2.31. The first-order chi connectivity index (χ1) is 9.29. The van der Waals surface area contributed by atoms with Crippen LogP contribution in [0.4, 0.5) is 0 Å². The first-order valence-corrected chi connectivity index (χ1v) is 7.44. The van der Waals surface area contributed by atoms with Gasteiger partial charge in [-0.2, -0.15) is 0 Å². The highest BCUT2D eigenvalue weighted by atomic mass is 16.2. The lowest BCUT2D eigenvalue weighted by Crippen LogP contribution is -2.70. The van der Waals surface area contributed by atoms with Crippen molar-refractivity contribution >= 4 is 5.91 Å². The highest BCUT2D eigenvalue weighted by molar-refractivity contribution is 5.87. The summed E-state index contributed by atoms with van der Waals surface area (Å²) in [5, 5.41) is 3.51. The lowest BCUT2D eigenvalue weighted by Gasteiger charge is -2.50. The van der Waals surface area contributed by atoms with Crippen LogP contribution in [0.5, 0.6) is 0 Å². The standard InChI is InChI=1S/C17H26N2O/c1-6-17(5)15(20)19(12-16(3,4)18-17)13(2)14-10-8-7-9-11-14/h7-11,13,18H,6,12H2,1-5H3. The number of carbonyl (C=O) groups is 1. The quantitative estimate of drug-likeness (QED) is 0.918. The average Bonchev–Trinajstić information content (AvgIpc) is 2.42.